The summed E-state index contributed by atoms with van der Waals surface area (Å²) in [5.41, 5.74) is 6.09. The smallest absolute Gasteiger partial charge is 0.325 e. The third-order valence-corrected chi connectivity index (χ3v) is 2.49. The Hall–Kier alpha value is -0.620. The number of halogens is 1. The Morgan fingerprint density at radius 3 is 2.58 bits per heavy atom. The second kappa shape index (κ2) is 3.86. The van der Waals surface area contributed by atoms with Crippen LogP contribution in [0.25, 0.3) is 0 Å². The molecule has 3 N–H and O–H groups in total. The fourth-order valence-corrected chi connectivity index (χ4v) is 1.58. The minimum atomic E-state index is -1.00. The summed E-state index contributed by atoms with van der Waals surface area (Å²) in [6.45, 7) is 0. The zero-order valence-corrected chi connectivity index (χ0v) is 8.36. The molecule has 0 unspecified atom stereocenters. The molecule has 0 aliphatic carbocycles. The Morgan fingerprint density at radius 2 is 2.08 bits per heavy atom. The van der Waals surface area contributed by atoms with Crippen molar-refractivity contribution >= 4 is 28.6 Å². The van der Waals surface area contributed by atoms with E-state index in [4.69, 9.17) is 10.8 Å². The van der Waals surface area contributed by atoms with Crippen LogP contribution in [0.3, 0.4) is 0 Å². The van der Waals surface area contributed by atoms with Crippen LogP contribution in [0, 0.1) is 3.57 Å². The number of aliphatic carboxylic acids is 1. The highest BCUT2D eigenvalue weighted by Gasteiger charge is 2.15. The van der Waals surface area contributed by atoms with Crippen LogP contribution in [0.2, 0.25) is 0 Å². The van der Waals surface area contributed by atoms with Crippen LogP contribution in [-0.2, 0) is 4.79 Å². The zero-order chi connectivity index (χ0) is 9.14. The van der Waals surface area contributed by atoms with Crippen LogP contribution in [0.4, 0.5) is 0 Å². The maximum atomic E-state index is 10.5. The first kappa shape index (κ1) is 9.47. The molecule has 4 heteroatoms. The highest BCUT2D eigenvalue weighted by Crippen LogP contribution is 2.17. The highest BCUT2D eigenvalue weighted by atomic mass is 127. The summed E-state index contributed by atoms with van der Waals surface area (Å²) in [5.74, 6) is -1.00. The number of hydrogen-bond acceptors (Lipinski definition) is 2. The van der Waals surface area contributed by atoms with Gasteiger partial charge in [0.05, 0.1) is 0 Å². The Kier molecular flexibility index (Phi) is 3.05. The van der Waals surface area contributed by atoms with E-state index in [2.05, 4.69) is 22.6 Å². The molecule has 0 radical (unpaired) electrons. The van der Waals surface area contributed by atoms with Crippen LogP contribution in [0.5, 0.6) is 0 Å². The number of benzene rings is 1. The second-order valence-electron chi connectivity index (χ2n) is 2.34. The molecule has 0 spiro atoms. The quantitative estimate of drug-likeness (QED) is 0.803. The predicted octanol–water partition coefficient (Wildman–Crippen LogP) is 1.38. The molecular formula is C8H8INO2. The van der Waals surface area contributed by atoms with Crippen LogP contribution in [0.15, 0.2) is 24.3 Å². The van der Waals surface area contributed by atoms with Crippen LogP contribution in [-0.4, -0.2) is 11.1 Å². The molecule has 1 rings (SSSR count). The van der Waals surface area contributed by atoms with Gasteiger partial charge in [0.1, 0.15) is 6.04 Å². The van der Waals surface area contributed by atoms with Gasteiger partial charge in [-0.25, -0.2) is 0 Å². The summed E-state index contributed by atoms with van der Waals surface area (Å²) in [5, 5.41) is 8.63. The molecule has 0 aliphatic rings. The summed E-state index contributed by atoms with van der Waals surface area (Å²) >= 11 is 2.07. The third-order valence-electron chi connectivity index (χ3n) is 1.51. The van der Waals surface area contributed by atoms with Gasteiger partial charge in [0.2, 0.25) is 0 Å². The Balaban J connectivity index is 3.02. The lowest BCUT2D eigenvalue weighted by molar-refractivity contribution is -0.138. The lowest BCUT2D eigenvalue weighted by Gasteiger charge is -2.07. The molecule has 3 nitrogen and oxygen atoms in total. The van der Waals surface area contributed by atoms with E-state index in [1.54, 1.807) is 12.1 Å². The van der Waals surface area contributed by atoms with Crippen molar-refractivity contribution in [1.82, 2.24) is 0 Å². The summed E-state index contributed by atoms with van der Waals surface area (Å²) in [6.07, 6.45) is 0. The number of carboxylic acid groups (broad SMARTS) is 1. The molecule has 0 heterocycles. The van der Waals surface area contributed by atoms with Crippen molar-refractivity contribution in [3.05, 3.63) is 33.4 Å². The van der Waals surface area contributed by atoms with E-state index >= 15 is 0 Å². The molecule has 0 bridgehead atoms. The number of hydrogen-bond donors (Lipinski definition) is 2. The molecule has 0 aromatic heterocycles. The number of carboxylic acids is 1. The lowest BCUT2D eigenvalue weighted by Crippen LogP contribution is -2.21. The topological polar surface area (TPSA) is 63.3 Å². The lowest BCUT2D eigenvalue weighted by atomic mass is 10.1. The van der Waals surface area contributed by atoms with Gasteiger partial charge in [-0.15, -0.1) is 0 Å². The molecule has 1 atom stereocenters. The van der Waals surface area contributed by atoms with Crippen molar-refractivity contribution in [2.45, 2.75) is 6.04 Å². The molecule has 0 saturated carbocycles. The van der Waals surface area contributed by atoms with Gasteiger partial charge in [-0.3, -0.25) is 4.79 Å². The van der Waals surface area contributed by atoms with E-state index in [1.165, 1.54) is 0 Å². The first-order valence-electron chi connectivity index (χ1n) is 3.35. The van der Waals surface area contributed by atoms with Crippen molar-refractivity contribution in [2.24, 2.45) is 5.73 Å². The van der Waals surface area contributed by atoms with Gasteiger partial charge in [0.25, 0.3) is 0 Å². The monoisotopic (exact) mass is 277 g/mol. The normalized spacial score (nSPS) is 12.5. The Bertz CT molecular complexity index is 301. The highest BCUT2D eigenvalue weighted by molar-refractivity contribution is 14.1. The van der Waals surface area contributed by atoms with E-state index < -0.39 is 12.0 Å². The van der Waals surface area contributed by atoms with Gasteiger partial charge in [-0.2, -0.15) is 0 Å². The van der Waals surface area contributed by atoms with Crippen molar-refractivity contribution in [3.8, 4) is 0 Å². The molecule has 12 heavy (non-hydrogen) atoms. The summed E-state index contributed by atoms with van der Waals surface area (Å²) in [7, 11) is 0. The van der Waals surface area contributed by atoms with E-state index in [9.17, 15) is 4.79 Å². The molecule has 0 fully saturated rings. The van der Waals surface area contributed by atoms with Gasteiger partial charge >= 0.3 is 5.97 Å². The Morgan fingerprint density at radius 1 is 1.50 bits per heavy atom. The molecule has 0 amide bonds. The minimum Gasteiger partial charge on any atom is -0.480 e. The first-order valence-corrected chi connectivity index (χ1v) is 4.43. The molecular weight excluding hydrogens is 269 g/mol. The van der Waals surface area contributed by atoms with Gasteiger partial charge in [0.15, 0.2) is 0 Å². The van der Waals surface area contributed by atoms with E-state index in [-0.39, 0.29) is 0 Å². The van der Waals surface area contributed by atoms with E-state index in [0.717, 1.165) is 3.57 Å². The van der Waals surface area contributed by atoms with Crippen LogP contribution in [0.1, 0.15) is 11.6 Å². The maximum absolute atomic E-state index is 10.5. The molecule has 1 aromatic carbocycles. The standard InChI is InChI=1S/C8H8INO2/c9-6-4-2-1-3-5(6)7(10)8(11)12/h1-4,7H,10H2,(H,11,12)/t7-/m0/s1. The van der Waals surface area contributed by atoms with Crippen molar-refractivity contribution < 1.29 is 9.90 Å². The fourth-order valence-electron chi connectivity index (χ4n) is 0.860. The largest absolute Gasteiger partial charge is 0.480 e. The van der Waals surface area contributed by atoms with E-state index in [0.29, 0.717) is 5.56 Å². The maximum Gasteiger partial charge on any atom is 0.325 e. The van der Waals surface area contributed by atoms with Crippen molar-refractivity contribution in [3.63, 3.8) is 0 Å². The van der Waals surface area contributed by atoms with Gasteiger partial charge in [0, 0.05) is 3.57 Å². The van der Waals surface area contributed by atoms with Gasteiger partial charge in [-0.1, -0.05) is 18.2 Å². The van der Waals surface area contributed by atoms with Crippen LogP contribution < -0.4 is 5.73 Å². The number of rotatable bonds is 2. The third kappa shape index (κ3) is 1.95. The Labute approximate surface area is 83.7 Å². The van der Waals surface area contributed by atoms with Gasteiger partial charge < -0.3 is 10.8 Å². The summed E-state index contributed by atoms with van der Waals surface area (Å²) in [6, 6.07) is 6.26. The predicted molar refractivity (Wildman–Crippen MR) is 53.7 cm³/mol. The zero-order valence-electron chi connectivity index (χ0n) is 6.20. The molecule has 1 aromatic rings. The molecule has 64 valence electrons. The van der Waals surface area contributed by atoms with Crippen LogP contribution >= 0.6 is 22.6 Å². The van der Waals surface area contributed by atoms with Crippen molar-refractivity contribution in [2.75, 3.05) is 0 Å². The average Bonchev–Trinajstić information content (AvgIpc) is 2.04. The minimum absolute atomic E-state index is 0.658. The summed E-state index contributed by atoms with van der Waals surface area (Å²) in [4.78, 5) is 10.5. The SMILES string of the molecule is N[C@H](C(=O)O)c1ccccc1I. The molecule has 0 aliphatic heterocycles. The van der Waals surface area contributed by atoms with E-state index in [1.807, 2.05) is 12.1 Å². The molecule has 0 saturated heterocycles. The second-order valence-corrected chi connectivity index (χ2v) is 3.50. The number of carbonyl (C=O) groups is 1. The van der Waals surface area contributed by atoms with Crippen molar-refractivity contribution in [1.29, 1.82) is 0 Å². The first-order chi connectivity index (χ1) is 5.63. The van der Waals surface area contributed by atoms with Gasteiger partial charge in [-0.05, 0) is 34.2 Å². The number of nitrogens with two attached hydrogens (primary N) is 1. The fraction of sp³-hybridized carbons (Fsp3) is 0.125. The average molecular weight is 277 g/mol. The summed E-state index contributed by atoms with van der Waals surface area (Å²) < 4.78 is 0.880.